The lowest BCUT2D eigenvalue weighted by molar-refractivity contribution is 0.161. The molecule has 0 heterocycles. The van der Waals surface area contributed by atoms with E-state index < -0.39 is 0 Å². The maximum atomic E-state index is 12.9. The standard InChI is InChI=1S/C16H25FN2/c1-16(2)9-8-15(18)12(10-16)11-19(3)14-6-4-13(17)5-7-14/h4-7,12,15H,8-11,18H2,1-3H3. The zero-order valence-electron chi connectivity index (χ0n) is 12.2. The lowest BCUT2D eigenvalue weighted by Gasteiger charge is -2.41. The zero-order chi connectivity index (χ0) is 14.0. The van der Waals surface area contributed by atoms with E-state index in [1.165, 1.54) is 25.0 Å². The second kappa shape index (κ2) is 5.49. The third-order valence-electron chi connectivity index (χ3n) is 4.35. The van der Waals surface area contributed by atoms with Gasteiger partial charge in [-0.25, -0.2) is 4.39 Å². The van der Waals surface area contributed by atoms with Crippen molar-refractivity contribution in [2.75, 3.05) is 18.5 Å². The Kier molecular flexibility index (Phi) is 4.14. The van der Waals surface area contributed by atoms with Gasteiger partial charge >= 0.3 is 0 Å². The van der Waals surface area contributed by atoms with E-state index in [1.807, 2.05) is 12.1 Å². The topological polar surface area (TPSA) is 29.3 Å². The summed E-state index contributed by atoms with van der Waals surface area (Å²) in [6.07, 6.45) is 3.49. The molecule has 1 aromatic rings. The van der Waals surface area contributed by atoms with Crippen molar-refractivity contribution < 1.29 is 4.39 Å². The lowest BCUT2D eigenvalue weighted by Crippen LogP contribution is -2.44. The molecule has 2 unspecified atom stereocenters. The van der Waals surface area contributed by atoms with Crippen molar-refractivity contribution in [3.63, 3.8) is 0 Å². The highest BCUT2D eigenvalue weighted by Gasteiger charge is 2.33. The van der Waals surface area contributed by atoms with Gasteiger partial charge in [-0.05, 0) is 54.9 Å². The Morgan fingerprint density at radius 1 is 1.32 bits per heavy atom. The van der Waals surface area contributed by atoms with E-state index in [0.717, 1.165) is 18.7 Å². The van der Waals surface area contributed by atoms with Crippen molar-refractivity contribution >= 4 is 5.69 Å². The van der Waals surface area contributed by atoms with Crippen molar-refractivity contribution in [3.05, 3.63) is 30.1 Å². The zero-order valence-corrected chi connectivity index (χ0v) is 12.2. The predicted molar refractivity (Wildman–Crippen MR) is 78.8 cm³/mol. The summed E-state index contributed by atoms with van der Waals surface area (Å²) in [7, 11) is 2.06. The average Bonchev–Trinajstić information content (AvgIpc) is 2.34. The van der Waals surface area contributed by atoms with E-state index in [-0.39, 0.29) is 11.9 Å². The molecule has 0 aliphatic heterocycles. The Morgan fingerprint density at radius 2 is 1.95 bits per heavy atom. The summed E-state index contributed by atoms with van der Waals surface area (Å²) in [5, 5.41) is 0. The fraction of sp³-hybridized carbons (Fsp3) is 0.625. The minimum Gasteiger partial charge on any atom is -0.374 e. The van der Waals surface area contributed by atoms with E-state index in [9.17, 15) is 4.39 Å². The van der Waals surface area contributed by atoms with Crippen molar-refractivity contribution in [2.45, 2.75) is 39.2 Å². The van der Waals surface area contributed by atoms with Crippen LogP contribution < -0.4 is 10.6 Å². The molecule has 0 amide bonds. The first-order valence-corrected chi connectivity index (χ1v) is 7.10. The molecule has 1 aliphatic rings. The molecule has 19 heavy (non-hydrogen) atoms. The van der Waals surface area contributed by atoms with Gasteiger partial charge in [0.15, 0.2) is 0 Å². The first kappa shape index (κ1) is 14.3. The van der Waals surface area contributed by atoms with Gasteiger partial charge in [-0.1, -0.05) is 13.8 Å². The Labute approximate surface area is 115 Å². The molecule has 2 nitrogen and oxygen atoms in total. The van der Waals surface area contributed by atoms with Crippen LogP contribution in [0.3, 0.4) is 0 Å². The Balaban J connectivity index is 2.01. The fourth-order valence-electron chi connectivity index (χ4n) is 3.11. The first-order valence-electron chi connectivity index (χ1n) is 7.10. The quantitative estimate of drug-likeness (QED) is 0.906. The number of nitrogens with zero attached hydrogens (tertiary/aromatic N) is 1. The lowest BCUT2D eigenvalue weighted by atomic mass is 9.70. The highest BCUT2D eigenvalue weighted by molar-refractivity contribution is 5.45. The van der Waals surface area contributed by atoms with Crippen LogP contribution in [0, 0.1) is 17.2 Å². The molecule has 2 atom stereocenters. The highest BCUT2D eigenvalue weighted by atomic mass is 19.1. The van der Waals surface area contributed by atoms with Crippen LogP contribution >= 0.6 is 0 Å². The van der Waals surface area contributed by atoms with Gasteiger partial charge in [0.05, 0.1) is 0 Å². The van der Waals surface area contributed by atoms with Gasteiger partial charge in [-0.15, -0.1) is 0 Å². The minimum absolute atomic E-state index is 0.187. The summed E-state index contributed by atoms with van der Waals surface area (Å²) < 4.78 is 12.9. The van der Waals surface area contributed by atoms with E-state index in [4.69, 9.17) is 5.73 Å². The molecule has 2 rings (SSSR count). The molecular formula is C16H25FN2. The summed E-state index contributed by atoms with van der Waals surface area (Å²) in [5.41, 5.74) is 7.71. The highest BCUT2D eigenvalue weighted by Crippen LogP contribution is 2.38. The third kappa shape index (κ3) is 3.69. The summed E-state index contributed by atoms with van der Waals surface area (Å²) in [6.45, 7) is 5.59. The molecule has 0 bridgehead atoms. The summed E-state index contributed by atoms with van der Waals surface area (Å²) >= 11 is 0. The van der Waals surface area contributed by atoms with E-state index in [2.05, 4.69) is 25.8 Å². The molecule has 2 N–H and O–H groups in total. The van der Waals surface area contributed by atoms with Crippen LogP contribution in [-0.4, -0.2) is 19.6 Å². The van der Waals surface area contributed by atoms with Crippen molar-refractivity contribution in [2.24, 2.45) is 17.1 Å². The SMILES string of the molecule is CN(CC1CC(C)(C)CCC1N)c1ccc(F)cc1. The van der Waals surface area contributed by atoms with Crippen molar-refractivity contribution in [1.82, 2.24) is 0 Å². The molecule has 1 saturated carbocycles. The van der Waals surface area contributed by atoms with Crippen LogP contribution in [0.25, 0.3) is 0 Å². The van der Waals surface area contributed by atoms with Crippen LogP contribution in [0.1, 0.15) is 33.1 Å². The van der Waals surface area contributed by atoms with Gasteiger partial charge in [-0.2, -0.15) is 0 Å². The molecule has 0 spiro atoms. The Hall–Kier alpha value is -1.09. The smallest absolute Gasteiger partial charge is 0.123 e. The van der Waals surface area contributed by atoms with Gasteiger partial charge < -0.3 is 10.6 Å². The number of halogens is 1. The number of rotatable bonds is 3. The van der Waals surface area contributed by atoms with Crippen LogP contribution in [0.4, 0.5) is 10.1 Å². The molecule has 1 aliphatic carbocycles. The van der Waals surface area contributed by atoms with Gasteiger partial charge in [0, 0.05) is 25.3 Å². The molecule has 3 heteroatoms. The van der Waals surface area contributed by atoms with Gasteiger partial charge in [-0.3, -0.25) is 0 Å². The maximum absolute atomic E-state index is 12.9. The molecule has 1 aromatic carbocycles. The van der Waals surface area contributed by atoms with Gasteiger partial charge in [0.1, 0.15) is 5.82 Å². The molecule has 0 saturated heterocycles. The fourth-order valence-corrected chi connectivity index (χ4v) is 3.11. The second-order valence-electron chi connectivity index (χ2n) is 6.69. The van der Waals surface area contributed by atoms with E-state index in [0.29, 0.717) is 11.3 Å². The summed E-state index contributed by atoms with van der Waals surface area (Å²) in [4.78, 5) is 2.19. The number of nitrogens with two attached hydrogens (primary N) is 1. The first-order chi connectivity index (χ1) is 8.87. The summed E-state index contributed by atoms with van der Waals surface area (Å²) in [5.74, 6) is 0.325. The molecule has 1 fully saturated rings. The maximum Gasteiger partial charge on any atom is 0.123 e. The van der Waals surface area contributed by atoms with Crippen molar-refractivity contribution in [1.29, 1.82) is 0 Å². The van der Waals surface area contributed by atoms with Crippen LogP contribution in [-0.2, 0) is 0 Å². The van der Waals surface area contributed by atoms with Crippen molar-refractivity contribution in [3.8, 4) is 0 Å². The monoisotopic (exact) mass is 264 g/mol. The predicted octanol–water partition coefficient (Wildman–Crippen LogP) is 3.42. The van der Waals surface area contributed by atoms with Crippen LogP contribution in [0.5, 0.6) is 0 Å². The third-order valence-corrected chi connectivity index (χ3v) is 4.35. The average molecular weight is 264 g/mol. The molecule has 0 radical (unpaired) electrons. The summed E-state index contributed by atoms with van der Waals surface area (Å²) in [6, 6.07) is 6.97. The van der Waals surface area contributed by atoms with Gasteiger partial charge in [0.2, 0.25) is 0 Å². The van der Waals surface area contributed by atoms with E-state index in [1.54, 1.807) is 0 Å². The number of hydrogen-bond acceptors (Lipinski definition) is 2. The van der Waals surface area contributed by atoms with Crippen LogP contribution in [0.15, 0.2) is 24.3 Å². The second-order valence-corrected chi connectivity index (χ2v) is 6.69. The largest absolute Gasteiger partial charge is 0.374 e. The normalized spacial score (nSPS) is 26.2. The molecule has 0 aromatic heterocycles. The van der Waals surface area contributed by atoms with Gasteiger partial charge in [0.25, 0.3) is 0 Å². The van der Waals surface area contributed by atoms with E-state index >= 15 is 0 Å². The number of hydrogen-bond donors (Lipinski definition) is 1. The molecule has 106 valence electrons. The Bertz CT molecular complexity index is 413. The number of benzene rings is 1. The number of anilines is 1. The minimum atomic E-state index is -0.187. The Morgan fingerprint density at radius 3 is 2.58 bits per heavy atom. The van der Waals surface area contributed by atoms with Crippen LogP contribution in [0.2, 0.25) is 0 Å². The molecular weight excluding hydrogens is 239 g/mol.